The molecule has 0 spiro atoms. The lowest BCUT2D eigenvalue weighted by molar-refractivity contribution is 0.101. The van der Waals surface area contributed by atoms with E-state index in [4.69, 9.17) is 0 Å². The topological polar surface area (TPSA) is 39.1 Å². The highest BCUT2D eigenvalue weighted by Crippen LogP contribution is 2.24. The van der Waals surface area contributed by atoms with Crippen molar-refractivity contribution in [3.8, 4) is 11.3 Å². The number of hydrogen-bond donors (Lipinski definition) is 0. The summed E-state index contributed by atoms with van der Waals surface area (Å²) in [7, 11) is 0. The van der Waals surface area contributed by atoms with Crippen LogP contribution in [0.5, 0.6) is 0 Å². The maximum absolute atomic E-state index is 12.5. The number of aryl methyl sites for hydroxylation is 2. The van der Waals surface area contributed by atoms with Crippen molar-refractivity contribution in [1.29, 1.82) is 0 Å². The van der Waals surface area contributed by atoms with Gasteiger partial charge >= 0.3 is 0 Å². The summed E-state index contributed by atoms with van der Waals surface area (Å²) in [6, 6.07) is 9.72. The molecule has 1 aromatic heterocycles. The standard InChI is InChI=1S/C18H21NO2/c1-5-10-19-17(9-8-16(14(4)20)18(19)21)15-7-6-12(2)11-13(15)3/h6-9,11H,5,10H2,1-4H3. The zero-order chi connectivity index (χ0) is 15.6. The Kier molecular flexibility index (Phi) is 4.41. The van der Waals surface area contributed by atoms with Crippen LogP contribution in [0, 0.1) is 13.8 Å². The quantitative estimate of drug-likeness (QED) is 0.802. The van der Waals surface area contributed by atoms with Gasteiger partial charge in [0.2, 0.25) is 0 Å². The van der Waals surface area contributed by atoms with Crippen molar-refractivity contribution in [3.63, 3.8) is 0 Å². The summed E-state index contributed by atoms with van der Waals surface area (Å²) in [4.78, 5) is 24.1. The summed E-state index contributed by atoms with van der Waals surface area (Å²) in [5.74, 6) is -0.183. The maximum atomic E-state index is 12.5. The van der Waals surface area contributed by atoms with Gasteiger partial charge in [-0.3, -0.25) is 9.59 Å². The van der Waals surface area contributed by atoms with Gasteiger partial charge in [0, 0.05) is 12.1 Å². The first-order valence-electron chi connectivity index (χ1n) is 7.28. The van der Waals surface area contributed by atoms with Crippen molar-refractivity contribution in [3.05, 3.63) is 57.4 Å². The van der Waals surface area contributed by atoms with Gasteiger partial charge in [-0.05, 0) is 44.9 Å². The lowest BCUT2D eigenvalue weighted by Crippen LogP contribution is -2.26. The highest BCUT2D eigenvalue weighted by molar-refractivity contribution is 5.94. The number of ketones is 1. The molecule has 3 heteroatoms. The van der Waals surface area contributed by atoms with Crippen molar-refractivity contribution in [1.82, 2.24) is 4.57 Å². The molecule has 0 radical (unpaired) electrons. The van der Waals surface area contributed by atoms with Crippen molar-refractivity contribution in [2.24, 2.45) is 0 Å². The van der Waals surface area contributed by atoms with E-state index in [9.17, 15) is 9.59 Å². The Morgan fingerprint density at radius 3 is 2.43 bits per heavy atom. The number of Topliss-reactive ketones (excluding diaryl/α,β-unsaturated/α-hetero) is 1. The average Bonchev–Trinajstić information content (AvgIpc) is 2.41. The van der Waals surface area contributed by atoms with Gasteiger partial charge in [0.05, 0.1) is 11.3 Å². The molecule has 0 saturated heterocycles. The molecule has 0 saturated carbocycles. The fourth-order valence-corrected chi connectivity index (χ4v) is 2.63. The van der Waals surface area contributed by atoms with Crippen LogP contribution in [-0.2, 0) is 6.54 Å². The molecule has 0 aliphatic heterocycles. The summed E-state index contributed by atoms with van der Waals surface area (Å²) in [5.41, 5.74) is 4.32. The van der Waals surface area contributed by atoms with Gasteiger partial charge in [-0.25, -0.2) is 0 Å². The Hall–Kier alpha value is -2.16. The Labute approximate surface area is 125 Å². The molecule has 0 unspecified atom stereocenters. The summed E-state index contributed by atoms with van der Waals surface area (Å²) < 4.78 is 1.72. The highest BCUT2D eigenvalue weighted by Gasteiger charge is 2.13. The van der Waals surface area contributed by atoms with Gasteiger partial charge < -0.3 is 4.57 Å². The summed E-state index contributed by atoms with van der Waals surface area (Å²) in [6.45, 7) is 8.17. The van der Waals surface area contributed by atoms with Gasteiger partial charge in [0.15, 0.2) is 5.78 Å². The number of rotatable bonds is 4. The predicted molar refractivity (Wildman–Crippen MR) is 85.9 cm³/mol. The smallest absolute Gasteiger partial charge is 0.261 e. The van der Waals surface area contributed by atoms with E-state index in [2.05, 4.69) is 13.0 Å². The Balaban J connectivity index is 2.71. The van der Waals surface area contributed by atoms with Gasteiger partial charge in [0.25, 0.3) is 5.56 Å². The van der Waals surface area contributed by atoms with Crippen LogP contribution < -0.4 is 5.56 Å². The molecular formula is C18H21NO2. The minimum Gasteiger partial charge on any atom is -0.308 e. The molecule has 0 bridgehead atoms. The van der Waals surface area contributed by atoms with E-state index in [1.165, 1.54) is 12.5 Å². The Bertz CT molecular complexity index is 741. The molecule has 0 amide bonds. The number of carbonyl (C=O) groups excluding carboxylic acids is 1. The average molecular weight is 283 g/mol. The van der Waals surface area contributed by atoms with E-state index in [1.54, 1.807) is 10.6 Å². The molecule has 1 heterocycles. The number of aromatic nitrogens is 1. The van der Waals surface area contributed by atoms with Crippen LogP contribution in [0.1, 0.15) is 41.8 Å². The molecule has 3 nitrogen and oxygen atoms in total. The first-order chi connectivity index (χ1) is 9.95. The number of nitrogens with zero attached hydrogens (tertiary/aromatic N) is 1. The number of hydrogen-bond acceptors (Lipinski definition) is 2. The second-order valence-electron chi connectivity index (χ2n) is 5.46. The zero-order valence-electron chi connectivity index (χ0n) is 13.1. The van der Waals surface area contributed by atoms with E-state index in [-0.39, 0.29) is 16.9 Å². The minimum atomic E-state index is -0.193. The van der Waals surface area contributed by atoms with E-state index in [0.29, 0.717) is 6.54 Å². The predicted octanol–water partition coefficient (Wildman–Crippen LogP) is 3.74. The van der Waals surface area contributed by atoms with Crippen LogP contribution >= 0.6 is 0 Å². The molecule has 2 rings (SSSR count). The maximum Gasteiger partial charge on any atom is 0.261 e. The van der Waals surface area contributed by atoms with E-state index in [0.717, 1.165) is 23.2 Å². The largest absolute Gasteiger partial charge is 0.308 e. The summed E-state index contributed by atoms with van der Waals surface area (Å²) in [6.07, 6.45) is 0.846. The molecule has 0 aliphatic carbocycles. The molecule has 2 aromatic rings. The van der Waals surface area contributed by atoms with Crippen LogP contribution in [0.15, 0.2) is 35.1 Å². The number of benzene rings is 1. The lowest BCUT2D eigenvalue weighted by atomic mass is 10.0. The first-order valence-corrected chi connectivity index (χ1v) is 7.28. The van der Waals surface area contributed by atoms with E-state index < -0.39 is 0 Å². The summed E-state index contributed by atoms with van der Waals surface area (Å²) in [5, 5.41) is 0. The van der Waals surface area contributed by atoms with E-state index >= 15 is 0 Å². The molecule has 1 aromatic carbocycles. The van der Waals surface area contributed by atoms with Crippen LogP contribution in [0.4, 0.5) is 0 Å². The van der Waals surface area contributed by atoms with Crippen LogP contribution in [0.3, 0.4) is 0 Å². The van der Waals surface area contributed by atoms with E-state index in [1.807, 2.05) is 32.0 Å². The van der Waals surface area contributed by atoms with Gasteiger partial charge in [-0.1, -0.05) is 30.7 Å². The van der Waals surface area contributed by atoms with Crippen LogP contribution in [-0.4, -0.2) is 10.4 Å². The van der Waals surface area contributed by atoms with Gasteiger partial charge in [-0.15, -0.1) is 0 Å². The number of carbonyl (C=O) groups is 1. The SMILES string of the molecule is CCCn1c(-c2ccc(C)cc2C)ccc(C(C)=O)c1=O. The third-order valence-electron chi connectivity index (χ3n) is 3.66. The van der Waals surface area contributed by atoms with Crippen molar-refractivity contribution in [2.45, 2.75) is 40.7 Å². The molecule has 0 atom stereocenters. The van der Waals surface area contributed by atoms with Crippen molar-refractivity contribution in [2.75, 3.05) is 0 Å². The molecule has 0 aliphatic rings. The molecule has 0 fully saturated rings. The lowest BCUT2D eigenvalue weighted by Gasteiger charge is -2.15. The third kappa shape index (κ3) is 2.97. The second-order valence-corrected chi connectivity index (χ2v) is 5.46. The van der Waals surface area contributed by atoms with Crippen LogP contribution in [0.25, 0.3) is 11.3 Å². The van der Waals surface area contributed by atoms with Crippen molar-refractivity contribution >= 4 is 5.78 Å². The van der Waals surface area contributed by atoms with Crippen LogP contribution in [0.2, 0.25) is 0 Å². The minimum absolute atomic E-state index is 0.183. The summed E-state index contributed by atoms with van der Waals surface area (Å²) >= 11 is 0. The molecule has 21 heavy (non-hydrogen) atoms. The monoisotopic (exact) mass is 283 g/mol. The van der Waals surface area contributed by atoms with Gasteiger partial charge in [0.1, 0.15) is 0 Å². The fraction of sp³-hybridized carbons (Fsp3) is 0.333. The third-order valence-corrected chi connectivity index (χ3v) is 3.66. The highest BCUT2D eigenvalue weighted by atomic mass is 16.1. The second kappa shape index (κ2) is 6.08. The molecule has 0 N–H and O–H groups in total. The normalized spacial score (nSPS) is 10.7. The Morgan fingerprint density at radius 2 is 1.86 bits per heavy atom. The van der Waals surface area contributed by atoms with Crippen molar-refractivity contribution < 1.29 is 4.79 Å². The molecular weight excluding hydrogens is 262 g/mol. The fourth-order valence-electron chi connectivity index (χ4n) is 2.63. The Morgan fingerprint density at radius 1 is 1.14 bits per heavy atom. The zero-order valence-corrected chi connectivity index (χ0v) is 13.1. The number of pyridine rings is 1. The molecule has 110 valence electrons. The van der Waals surface area contributed by atoms with Gasteiger partial charge in [-0.2, -0.15) is 0 Å². The first kappa shape index (κ1) is 15.2.